The Morgan fingerprint density at radius 3 is 2.26 bits per heavy atom. The van der Waals surface area contributed by atoms with E-state index >= 15 is 0 Å². The van der Waals surface area contributed by atoms with Crippen LogP contribution in [0, 0.1) is 10.1 Å². The van der Waals surface area contributed by atoms with Gasteiger partial charge in [0.25, 0.3) is 5.69 Å². The van der Waals surface area contributed by atoms with Gasteiger partial charge in [0.2, 0.25) is 0 Å². The summed E-state index contributed by atoms with van der Waals surface area (Å²) in [4.78, 5) is 52.4. The zero-order valence-electron chi connectivity index (χ0n) is 19.3. The highest BCUT2D eigenvalue weighted by molar-refractivity contribution is 6.00. The Hall–Kier alpha value is -4.54. The lowest BCUT2D eigenvalue weighted by molar-refractivity contribution is -0.384. The van der Waals surface area contributed by atoms with Crippen molar-refractivity contribution in [1.82, 2.24) is 10.3 Å². The number of allylic oxidation sites excluding steroid dienone is 2. The van der Waals surface area contributed by atoms with Crippen molar-refractivity contribution >= 4 is 23.6 Å². The molecule has 0 fully saturated rings. The van der Waals surface area contributed by atoms with Gasteiger partial charge in [0, 0.05) is 35.9 Å². The molecule has 0 bridgehead atoms. The van der Waals surface area contributed by atoms with Crippen molar-refractivity contribution in [1.29, 1.82) is 0 Å². The van der Waals surface area contributed by atoms with Crippen LogP contribution in [0.5, 0.6) is 0 Å². The van der Waals surface area contributed by atoms with Gasteiger partial charge in [-0.05, 0) is 31.5 Å². The van der Waals surface area contributed by atoms with E-state index in [1.165, 1.54) is 43.8 Å². The number of non-ortho nitro benzene ring substituents is 1. The number of hydrogen-bond donors (Lipinski definition) is 1. The molecule has 1 atom stereocenters. The lowest BCUT2D eigenvalue weighted by Gasteiger charge is -2.30. The summed E-state index contributed by atoms with van der Waals surface area (Å²) >= 11 is 0. The van der Waals surface area contributed by atoms with Crippen LogP contribution in [0.1, 0.15) is 35.7 Å². The molecule has 1 N–H and O–H groups in total. The van der Waals surface area contributed by atoms with E-state index in [9.17, 15) is 24.5 Å². The summed E-state index contributed by atoms with van der Waals surface area (Å²) in [5.74, 6) is -3.08. The SMILES string of the molecule is COC(=O)C1=C(C)NC(C)=C(C(=O)OCCOC(=O)c2cccnc2)C1c1cccc([N+](=O)[O-])c1. The Labute approximate surface area is 200 Å². The van der Waals surface area contributed by atoms with E-state index in [1.54, 1.807) is 26.0 Å². The van der Waals surface area contributed by atoms with Crippen molar-refractivity contribution in [3.63, 3.8) is 0 Å². The zero-order chi connectivity index (χ0) is 25.5. The Balaban J connectivity index is 1.83. The fourth-order valence-electron chi connectivity index (χ4n) is 3.71. The second kappa shape index (κ2) is 11.1. The highest BCUT2D eigenvalue weighted by Crippen LogP contribution is 2.40. The van der Waals surface area contributed by atoms with Crippen LogP contribution in [0.2, 0.25) is 0 Å². The van der Waals surface area contributed by atoms with Gasteiger partial charge in [-0.25, -0.2) is 14.4 Å². The van der Waals surface area contributed by atoms with Crippen LogP contribution in [0.15, 0.2) is 71.3 Å². The summed E-state index contributed by atoms with van der Waals surface area (Å²) in [6.45, 7) is 2.81. The van der Waals surface area contributed by atoms with E-state index in [0.717, 1.165) is 0 Å². The predicted octanol–water partition coefficient (Wildman–Crippen LogP) is 2.80. The number of hydrogen-bond acceptors (Lipinski definition) is 10. The summed E-state index contributed by atoms with van der Waals surface area (Å²) in [6, 6.07) is 8.78. The minimum atomic E-state index is -0.978. The van der Waals surface area contributed by atoms with Gasteiger partial charge >= 0.3 is 17.9 Å². The van der Waals surface area contributed by atoms with Crippen LogP contribution in [0.25, 0.3) is 0 Å². The number of nitro groups is 1. The van der Waals surface area contributed by atoms with E-state index in [2.05, 4.69) is 10.3 Å². The Morgan fingerprint density at radius 2 is 1.66 bits per heavy atom. The summed E-state index contributed by atoms with van der Waals surface area (Å²) in [5, 5.41) is 14.3. The number of nitrogens with zero attached hydrogens (tertiary/aromatic N) is 2. The molecule has 1 aromatic carbocycles. The number of esters is 3. The third kappa shape index (κ3) is 5.69. The van der Waals surface area contributed by atoms with Crippen molar-refractivity contribution in [3.8, 4) is 0 Å². The van der Waals surface area contributed by atoms with Crippen LogP contribution >= 0.6 is 0 Å². The number of nitro benzene ring substituents is 1. The summed E-state index contributed by atoms with van der Waals surface area (Å²) in [7, 11) is 1.20. The highest BCUT2D eigenvalue weighted by Gasteiger charge is 2.38. The van der Waals surface area contributed by atoms with Crippen molar-refractivity contribution in [2.24, 2.45) is 0 Å². The van der Waals surface area contributed by atoms with E-state index in [-0.39, 0.29) is 35.6 Å². The topological polar surface area (TPSA) is 147 Å². The lowest BCUT2D eigenvalue weighted by Crippen LogP contribution is -2.32. The van der Waals surface area contributed by atoms with Crippen LogP contribution in [-0.2, 0) is 23.8 Å². The number of rotatable bonds is 8. The number of dihydropyridines is 1. The second-order valence-electron chi connectivity index (χ2n) is 7.49. The third-order valence-electron chi connectivity index (χ3n) is 5.25. The van der Waals surface area contributed by atoms with E-state index in [0.29, 0.717) is 17.0 Å². The van der Waals surface area contributed by atoms with Gasteiger partial charge in [-0.15, -0.1) is 0 Å². The maximum atomic E-state index is 13.1. The molecule has 0 saturated carbocycles. The molecule has 1 aliphatic rings. The Kier molecular flexibility index (Phi) is 7.92. The summed E-state index contributed by atoms with van der Waals surface area (Å²) in [5.41, 5.74) is 1.44. The second-order valence-corrected chi connectivity index (χ2v) is 7.49. The first kappa shape index (κ1) is 25.1. The van der Waals surface area contributed by atoms with Crippen molar-refractivity contribution in [2.75, 3.05) is 20.3 Å². The molecule has 1 aliphatic heterocycles. The molecule has 35 heavy (non-hydrogen) atoms. The summed E-state index contributed by atoms with van der Waals surface area (Å²) in [6.07, 6.45) is 2.87. The average Bonchev–Trinajstić information content (AvgIpc) is 2.86. The first-order chi connectivity index (χ1) is 16.7. The minimum absolute atomic E-state index is 0.0788. The molecule has 1 unspecified atom stereocenters. The fourth-order valence-corrected chi connectivity index (χ4v) is 3.71. The standard InChI is InChI=1S/C24H23N3O8/c1-14-19(23(29)33-3)21(16-6-4-8-18(12-16)27(31)32)20(15(2)26-14)24(30)35-11-10-34-22(28)17-7-5-9-25-13-17/h4-9,12-13,21,26H,10-11H2,1-3H3. The molecule has 1 aromatic heterocycles. The Bertz CT molecular complexity index is 1220. The molecular weight excluding hydrogens is 458 g/mol. The maximum absolute atomic E-state index is 13.1. The average molecular weight is 481 g/mol. The van der Waals surface area contributed by atoms with Crippen molar-refractivity contribution in [2.45, 2.75) is 19.8 Å². The molecule has 2 aromatic rings. The van der Waals surface area contributed by atoms with Gasteiger partial charge in [0.1, 0.15) is 13.2 Å². The first-order valence-corrected chi connectivity index (χ1v) is 10.5. The number of carbonyl (C=O) groups excluding carboxylic acids is 3. The van der Waals surface area contributed by atoms with Crippen LogP contribution in [0.4, 0.5) is 5.69 Å². The van der Waals surface area contributed by atoms with Crippen LogP contribution in [-0.4, -0.2) is 48.1 Å². The van der Waals surface area contributed by atoms with E-state index in [1.807, 2.05) is 0 Å². The lowest BCUT2D eigenvalue weighted by atomic mass is 9.80. The molecule has 182 valence electrons. The number of carbonyl (C=O) groups is 3. The molecule has 0 amide bonds. The smallest absolute Gasteiger partial charge is 0.339 e. The third-order valence-corrected chi connectivity index (χ3v) is 5.25. The molecule has 3 rings (SSSR count). The predicted molar refractivity (Wildman–Crippen MR) is 122 cm³/mol. The number of aromatic nitrogens is 1. The largest absolute Gasteiger partial charge is 0.466 e. The highest BCUT2D eigenvalue weighted by atomic mass is 16.6. The zero-order valence-corrected chi connectivity index (χ0v) is 19.3. The molecule has 0 aliphatic carbocycles. The number of ether oxygens (including phenoxy) is 3. The first-order valence-electron chi connectivity index (χ1n) is 10.5. The number of pyridine rings is 1. The van der Waals surface area contributed by atoms with Gasteiger partial charge in [0.15, 0.2) is 0 Å². The van der Waals surface area contributed by atoms with Gasteiger partial charge in [-0.3, -0.25) is 15.1 Å². The van der Waals surface area contributed by atoms with E-state index in [4.69, 9.17) is 14.2 Å². The van der Waals surface area contributed by atoms with Crippen molar-refractivity contribution in [3.05, 3.63) is 92.6 Å². The van der Waals surface area contributed by atoms with Gasteiger partial charge in [0.05, 0.1) is 34.7 Å². The molecule has 0 radical (unpaired) electrons. The fraction of sp³-hybridized carbons (Fsp3) is 0.250. The van der Waals surface area contributed by atoms with Gasteiger partial charge in [-0.1, -0.05) is 12.1 Å². The Morgan fingerprint density at radius 1 is 1.00 bits per heavy atom. The van der Waals surface area contributed by atoms with Crippen LogP contribution in [0.3, 0.4) is 0 Å². The van der Waals surface area contributed by atoms with Crippen LogP contribution < -0.4 is 5.32 Å². The molecule has 0 saturated heterocycles. The van der Waals surface area contributed by atoms with E-state index < -0.39 is 28.7 Å². The minimum Gasteiger partial charge on any atom is -0.466 e. The van der Waals surface area contributed by atoms with Gasteiger partial charge in [-0.2, -0.15) is 0 Å². The number of methoxy groups -OCH3 is 1. The normalized spacial score (nSPS) is 15.2. The number of nitrogens with one attached hydrogen (secondary N) is 1. The van der Waals surface area contributed by atoms with Crippen molar-refractivity contribution < 1.29 is 33.5 Å². The maximum Gasteiger partial charge on any atom is 0.339 e. The molecule has 0 spiro atoms. The molecule has 11 nitrogen and oxygen atoms in total. The molecule has 2 heterocycles. The summed E-state index contributed by atoms with van der Waals surface area (Å²) < 4.78 is 15.3. The molecular formula is C24H23N3O8. The monoisotopic (exact) mass is 481 g/mol. The quantitative estimate of drug-likeness (QED) is 0.196. The number of benzene rings is 1. The van der Waals surface area contributed by atoms with Gasteiger partial charge < -0.3 is 19.5 Å². The molecule has 11 heteroatoms.